The maximum Gasteiger partial charge on any atom is 0.509 e. The maximum atomic E-state index is 8.81. The molecular formula is C7H11BN2O2S. The monoisotopic (exact) mass is 198 g/mol. The molecule has 2 rings (SSSR count). The van der Waals surface area contributed by atoms with Crippen molar-refractivity contribution in [3.8, 4) is 0 Å². The lowest BCUT2D eigenvalue weighted by Crippen LogP contribution is -2.32. The van der Waals surface area contributed by atoms with E-state index in [1.54, 1.807) is 5.38 Å². The van der Waals surface area contributed by atoms with Crippen LogP contribution in [0.5, 0.6) is 0 Å². The Balaban J connectivity index is 1.96. The van der Waals surface area contributed by atoms with Crippen molar-refractivity contribution in [2.75, 3.05) is 5.32 Å². The highest BCUT2D eigenvalue weighted by atomic mass is 32.1. The fourth-order valence-electron chi connectivity index (χ4n) is 1.20. The molecule has 0 aliphatic heterocycles. The van der Waals surface area contributed by atoms with Gasteiger partial charge in [0, 0.05) is 11.4 Å². The maximum absolute atomic E-state index is 8.81. The van der Waals surface area contributed by atoms with Gasteiger partial charge in [0.15, 0.2) is 5.13 Å². The molecule has 6 heteroatoms. The first-order valence-electron chi connectivity index (χ1n) is 4.34. The van der Waals surface area contributed by atoms with Crippen molar-refractivity contribution in [1.29, 1.82) is 0 Å². The molecular weight excluding hydrogens is 187 g/mol. The Morgan fingerprint density at radius 3 is 2.77 bits per heavy atom. The van der Waals surface area contributed by atoms with Crippen molar-refractivity contribution in [1.82, 2.24) is 4.98 Å². The molecule has 1 aromatic rings. The van der Waals surface area contributed by atoms with Gasteiger partial charge in [0.05, 0.1) is 5.59 Å². The van der Waals surface area contributed by atoms with Gasteiger partial charge in [0.1, 0.15) is 0 Å². The normalized spacial score (nSPS) is 16.8. The van der Waals surface area contributed by atoms with E-state index in [2.05, 4.69) is 10.3 Å². The number of rotatable bonds is 3. The third-order valence-electron chi connectivity index (χ3n) is 2.22. The van der Waals surface area contributed by atoms with Gasteiger partial charge in [-0.3, -0.25) is 0 Å². The number of nitrogens with one attached hydrogen (secondary N) is 1. The van der Waals surface area contributed by atoms with Gasteiger partial charge < -0.3 is 15.4 Å². The van der Waals surface area contributed by atoms with Gasteiger partial charge in [0.25, 0.3) is 0 Å². The van der Waals surface area contributed by atoms with Gasteiger partial charge in [-0.1, -0.05) is 0 Å². The van der Waals surface area contributed by atoms with Crippen LogP contribution in [0.4, 0.5) is 5.13 Å². The van der Waals surface area contributed by atoms with Crippen molar-refractivity contribution in [2.24, 2.45) is 0 Å². The molecule has 0 saturated heterocycles. The van der Waals surface area contributed by atoms with Crippen LogP contribution in [0.2, 0.25) is 0 Å². The highest BCUT2D eigenvalue weighted by molar-refractivity contribution is 7.14. The summed E-state index contributed by atoms with van der Waals surface area (Å²) in [6.45, 7) is 0. The summed E-state index contributed by atoms with van der Waals surface area (Å²) in [7, 11) is -1.45. The third kappa shape index (κ3) is 2.01. The standard InChI is InChI=1S/C7H11BN2O2S/c11-8(12)6-4-13-7(10-6)9-5-2-1-3-5/h4-5,11-12H,1-3H2,(H,9,10). The molecule has 1 aliphatic carbocycles. The zero-order valence-corrected chi connectivity index (χ0v) is 7.92. The fraction of sp³-hybridized carbons (Fsp3) is 0.571. The zero-order valence-electron chi connectivity index (χ0n) is 7.10. The first-order valence-corrected chi connectivity index (χ1v) is 5.22. The second-order valence-electron chi connectivity index (χ2n) is 3.22. The predicted octanol–water partition coefficient (Wildman–Crippen LogP) is -0.213. The molecule has 0 unspecified atom stereocenters. The predicted molar refractivity (Wildman–Crippen MR) is 53.2 cm³/mol. The smallest absolute Gasteiger partial charge is 0.422 e. The van der Waals surface area contributed by atoms with E-state index >= 15 is 0 Å². The Bertz CT molecular complexity index is 288. The summed E-state index contributed by atoms with van der Waals surface area (Å²) in [6, 6.07) is 0.537. The molecule has 1 aromatic heterocycles. The van der Waals surface area contributed by atoms with E-state index in [1.165, 1.54) is 30.6 Å². The SMILES string of the molecule is OB(O)c1csc(NC2CCC2)n1. The van der Waals surface area contributed by atoms with E-state index in [4.69, 9.17) is 10.0 Å². The minimum Gasteiger partial charge on any atom is -0.422 e. The molecule has 0 bridgehead atoms. The largest absolute Gasteiger partial charge is 0.509 e. The Morgan fingerprint density at radius 1 is 1.54 bits per heavy atom. The molecule has 0 aromatic carbocycles. The zero-order chi connectivity index (χ0) is 9.26. The number of hydrogen-bond acceptors (Lipinski definition) is 5. The van der Waals surface area contributed by atoms with E-state index in [1.807, 2.05) is 0 Å². The summed E-state index contributed by atoms with van der Waals surface area (Å²) in [5.74, 6) is 0. The van der Waals surface area contributed by atoms with Crippen molar-refractivity contribution in [2.45, 2.75) is 25.3 Å². The second kappa shape index (κ2) is 3.65. The quantitative estimate of drug-likeness (QED) is 0.588. The van der Waals surface area contributed by atoms with Crippen molar-refractivity contribution in [3.63, 3.8) is 0 Å². The lowest BCUT2D eigenvalue weighted by molar-refractivity contribution is 0.424. The van der Waals surface area contributed by atoms with Crippen LogP contribution in [-0.4, -0.2) is 28.2 Å². The Kier molecular flexibility index (Phi) is 2.52. The molecule has 3 N–H and O–H groups in total. The Hall–Kier alpha value is -0.585. The van der Waals surface area contributed by atoms with Crippen molar-refractivity contribution >= 4 is 29.2 Å². The van der Waals surface area contributed by atoms with Gasteiger partial charge in [0.2, 0.25) is 0 Å². The molecule has 13 heavy (non-hydrogen) atoms. The topological polar surface area (TPSA) is 65.4 Å². The van der Waals surface area contributed by atoms with Crippen molar-refractivity contribution < 1.29 is 10.0 Å². The number of nitrogens with zero attached hydrogens (tertiary/aromatic N) is 1. The Labute approximate surface area is 80.8 Å². The first kappa shape index (κ1) is 8.99. The van der Waals surface area contributed by atoms with E-state index in [0.29, 0.717) is 11.6 Å². The highest BCUT2D eigenvalue weighted by Gasteiger charge is 2.20. The van der Waals surface area contributed by atoms with E-state index in [0.717, 1.165) is 5.13 Å². The molecule has 1 heterocycles. The molecule has 0 atom stereocenters. The summed E-state index contributed by atoms with van der Waals surface area (Å²) >= 11 is 1.41. The van der Waals surface area contributed by atoms with E-state index < -0.39 is 7.12 Å². The molecule has 1 fully saturated rings. The number of thiazole rings is 1. The minimum absolute atomic E-state index is 0.326. The fourth-order valence-corrected chi connectivity index (χ4v) is 2.00. The molecule has 0 spiro atoms. The van der Waals surface area contributed by atoms with Crippen LogP contribution >= 0.6 is 11.3 Å². The molecule has 0 radical (unpaired) electrons. The van der Waals surface area contributed by atoms with E-state index in [-0.39, 0.29) is 0 Å². The van der Waals surface area contributed by atoms with Crippen LogP contribution in [0.25, 0.3) is 0 Å². The van der Waals surface area contributed by atoms with E-state index in [9.17, 15) is 0 Å². The molecule has 1 aliphatic rings. The van der Waals surface area contributed by atoms with Gasteiger partial charge in [-0.05, 0) is 19.3 Å². The highest BCUT2D eigenvalue weighted by Crippen LogP contribution is 2.23. The van der Waals surface area contributed by atoms with Crippen molar-refractivity contribution in [3.05, 3.63) is 5.38 Å². The molecule has 4 nitrogen and oxygen atoms in total. The summed E-state index contributed by atoms with van der Waals surface area (Å²) in [5, 5.41) is 23.3. The van der Waals surface area contributed by atoms with Crippen LogP contribution in [0.15, 0.2) is 5.38 Å². The average molecular weight is 198 g/mol. The summed E-state index contributed by atoms with van der Waals surface area (Å²) in [6.07, 6.45) is 3.66. The summed E-state index contributed by atoms with van der Waals surface area (Å²) in [4.78, 5) is 4.04. The number of anilines is 1. The lowest BCUT2D eigenvalue weighted by atomic mass is 9.88. The number of aromatic nitrogens is 1. The van der Waals surface area contributed by atoms with Crippen LogP contribution < -0.4 is 10.9 Å². The third-order valence-corrected chi connectivity index (χ3v) is 3.01. The van der Waals surface area contributed by atoms with Crippen LogP contribution in [0.3, 0.4) is 0 Å². The van der Waals surface area contributed by atoms with Gasteiger partial charge in [-0.25, -0.2) is 4.98 Å². The first-order chi connectivity index (χ1) is 6.25. The Morgan fingerprint density at radius 2 is 2.31 bits per heavy atom. The van der Waals surface area contributed by atoms with Crippen LogP contribution in [0, 0.1) is 0 Å². The van der Waals surface area contributed by atoms with Crippen LogP contribution in [-0.2, 0) is 0 Å². The molecule has 1 saturated carbocycles. The summed E-state index contributed by atoms with van der Waals surface area (Å²) in [5.41, 5.74) is 0.326. The number of hydrogen-bond donors (Lipinski definition) is 3. The molecule has 0 amide bonds. The molecule has 70 valence electrons. The second-order valence-corrected chi connectivity index (χ2v) is 4.08. The van der Waals surface area contributed by atoms with Gasteiger partial charge in [-0.15, -0.1) is 11.3 Å². The summed E-state index contributed by atoms with van der Waals surface area (Å²) < 4.78 is 0. The lowest BCUT2D eigenvalue weighted by Gasteiger charge is -2.25. The average Bonchev–Trinajstić information content (AvgIpc) is 2.44. The van der Waals surface area contributed by atoms with Gasteiger partial charge in [-0.2, -0.15) is 0 Å². The minimum atomic E-state index is -1.45. The van der Waals surface area contributed by atoms with Crippen LogP contribution in [0.1, 0.15) is 19.3 Å². The van der Waals surface area contributed by atoms with Gasteiger partial charge >= 0.3 is 7.12 Å².